The van der Waals surface area contributed by atoms with Crippen LogP contribution in [-0.2, 0) is 20.7 Å². The molecule has 2 saturated heterocycles. The quantitative estimate of drug-likeness (QED) is 0.853. The Morgan fingerprint density at radius 1 is 1.48 bits per heavy atom. The second kappa shape index (κ2) is 6.66. The third kappa shape index (κ3) is 3.69. The lowest BCUT2D eigenvalue weighted by atomic mass is 10.00. The molecule has 2 fully saturated rings. The number of nitrogens with one attached hydrogen (secondary N) is 1. The standard InChI is InChI=1S/C15H22N4O4/c1-9(2)15-17-13(23-18-15)3-4-14(21)19-6-5-11-10(7-19)16-12(20)8-22-11/h9-11H,3-8H2,1-2H3,(H,16,20)/t10-,11+/m0/s1. The number of carbonyl (C=O) groups excluding carboxylic acids is 2. The van der Waals surface area contributed by atoms with Crippen molar-refractivity contribution in [3.05, 3.63) is 11.7 Å². The van der Waals surface area contributed by atoms with Gasteiger partial charge in [-0.1, -0.05) is 19.0 Å². The minimum Gasteiger partial charge on any atom is -0.366 e. The van der Waals surface area contributed by atoms with Gasteiger partial charge in [0.25, 0.3) is 0 Å². The predicted molar refractivity (Wildman–Crippen MR) is 79.6 cm³/mol. The van der Waals surface area contributed by atoms with Gasteiger partial charge in [-0.25, -0.2) is 0 Å². The van der Waals surface area contributed by atoms with Gasteiger partial charge in [-0.15, -0.1) is 0 Å². The first-order chi connectivity index (χ1) is 11.0. The van der Waals surface area contributed by atoms with Gasteiger partial charge < -0.3 is 19.5 Å². The van der Waals surface area contributed by atoms with Gasteiger partial charge in [0.2, 0.25) is 17.7 Å². The van der Waals surface area contributed by atoms with Gasteiger partial charge in [0.1, 0.15) is 6.61 Å². The molecule has 3 rings (SSSR count). The minimum absolute atomic E-state index is 0.0151. The van der Waals surface area contributed by atoms with Crippen LogP contribution >= 0.6 is 0 Å². The molecule has 2 aliphatic rings. The van der Waals surface area contributed by atoms with Crippen molar-refractivity contribution in [1.29, 1.82) is 0 Å². The molecule has 3 heterocycles. The summed E-state index contributed by atoms with van der Waals surface area (Å²) in [6, 6.07) is -0.107. The molecule has 2 atom stereocenters. The number of fused-ring (bicyclic) bond motifs is 1. The number of morpholine rings is 1. The number of hydrogen-bond donors (Lipinski definition) is 1. The van der Waals surface area contributed by atoms with Crippen LogP contribution in [0.15, 0.2) is 4.52 Å². The first kappa shape index (κ1) is 15.9. The molecule has 0 bridgehead atoms. The molecule has 2 amide bonds. The summed E-state index contributed by atoms with van der Waals surface area (Å²) in [5.41, 5.74) is 0. The average molecular weight is 322 g/mol. The molecular weight excluding hydrogens is 300 g/mol. The van der Waals surface area contributed by atoms with Crippen molar-refractivity contribution in [3.63, 3.8) is 0 Å². The molecule has 1 N–H and O–H groups in total. The number of ether oxygens (including phenoxy) is 1. The lowest BCUT2D eigenvalue weighted by Gasteiger charge is -2.41. The van der Waals surface area contributed by atoms with Gasteiger partial charge in [0, 0.05) is 31.8 Å². The average Bonchev–Trinajstić information content (AvgIpc) is 3.01. The van der Waals surface area contributed by atoms with Crippen molar-refractivity contribution in [1.82, 2.24) is 20.4 Å². The fraction of sp³-hybridized carbons (Fsp3) is 0.733. The van der Waals surface area contributed by atoms with E-state index in [1.54, 1.807) is 4.90 Å². The molecule has 0 saturated carbocycles. The van der Waals surface area contributed by atoms with Crippen molar-refractivity contribution >= 4 is 11.8 Å². The molecule has 1 aromatic heterocycles. The molecule has 23 heavy (non-hydrogen) atoms. The first-order valence-electron chi connectivity index (χ1n) is 8.04. The zero-order valence-corrected chi connectivity index (χ0v) is 13.4. The maximum absolute atomic E-state index is 12.4. The van der Waals surface area contributed by atoms with Gasteiger partial charge >= 0.3 is 0 Å². The van der Waals surface area contributed by atoms with E-state index in [1.807, 2.05) is 13.8 Å². The summed E-state index contributed by atoms with van der Waals surface area (Å²) in [5, 5.41) is 6.79. The van der Waals surface area contributed by atoms with E-state index in [1.165, 1.54) is 0 Å². The number of aryl methyl sites for hydroxylation is 1. The van der Waals surface area contributed by atoms with Crippen LogP contribution in [0.4, 0.5) is 0 Å². The predicted octanol–water partition coefficient (Wildman–Crippen LogP) is 0.242. The summed E-state index contributed by atoms with van der Waals surface area (Å²) in [5.74, 6) is 1.28. The van der Waals surface area contributed by atoms with E-state index in [4.69, 9.17) is 9.26 Å². The normalized spacial score (nSPS) is 24.5. The zero-order valence-electron chi connectivity index (χ0n) is 13.4. The Labute approximate surface area is 134 Å². The lowest BCUT2D eigenvalue weighted by molar-refractivity contribution is -0.146. The molecule has 8 heteroatoms. The monoisotopic (exact) mass is 322 g/mol. The Morgan fingerprint density at radius 3 is 3.04 bits per heavy atom. The smallest absolute Gasteiger partial charge is 0.246 e. The second-order valence-corrected chi connectivity index (χ2v) is 6.35. The van der Waals surface area contributed by atoms with E-state index in [0.29, 0.717) is 37.6 Å². The SMILES string of the molecule is CC(C)c1noc(CCC(=O)N2CC[C@H]3OCC(=O)N[C@H]3C2)n1. The number of nitrogens with zero attached hydrogens (tertiary/aromatic N) is 3. The minimum atomic E-state index is -0.118. The van der Waals surface area contributed by atoms with Crippen LogP contribution in [0.2, 0.25) is 0 Å². The van der Waals surface area contributed by atoms with E-state index >= 15 is 0 Å². The summed E-state index contributed by atoms with van der Waals surface area (Å²) in [6.45, 7) is 5.24. The summed E-state index contributed by atoms with van der Waals surface area (Å²) < 4.78 is 10.6. The molecular formula is C15H22N4O4. The van der Waals surface area contributed by atoms with E-state index in [2.05, 4.69) is 15.5 Å². The number of rotatable bonds is 4. The summed E-state index contributed by atoms with van der Waals surface area (Å²) in [7, 11) is 0. The lowest BCUT2D eigenvalue weighted by Crippen LogP contribution is -2.61. The van der Waals surface area contributed by atoms with Gasteiger partial charge in [-0.05, 0) is 6.42 Å². The number of carbonyl (C=O) groups is 2. The Balaban J connectivity index is 1.51. The molecule has 8 nitrogen and oxygen atoms in total. The van der Waals surface area contributed by atoms with Gasteiger partial charge in [-0.3, -0.25) is 9.59 Å². The van der Waals surface area contributed by atoms with Crippen molar-refractivity contribution in [2.24, 2.45) is 0 Å². The van der Waals surface area contributed by atoms with Crippen LogP contribution in [0.5, 0.6) is 0 Å². The van der Waals surface area contributed by atoms with E-state index in [-0.39, 0.29) is 36.5 Å². The van der Waals surface area contributed by atoms with Crippen molar-refractivity contribution < 1.29 is 18.8 Å². The number of piperidine rings is 1. The summed E-state index contributed by atoms with van der Waals surface area (Å²) in [4.78, 5) is 29.8. The zero-order chi connectivity index (χ0) is 16.4. The van der Waals surface area contributed by atoms with Gasteiger partial charge in [0.05, 0.1) is 12.1 Å². The Morgan fingerprint density at radius 2 is 2.30 bits per heavy atom. The van der Waals surface area contributed by atoms with Crippen LogP contribution in [-0.4, -0.2) is 58.7 Å². The van der Waals surface area contributed by atoms with E-state index in [0.717, 1.165) is 6.42 Å². The van der Waals surface area contributed by atoms with E-state index < -0.39 is 0 Å². The third-order valence-corrected chi connectivity index (χ3v) is 4.23. The number of likely N-dealkylation sites (tertiary alicyclic amines) is 1. The van der Waals surface area contributed by atoms with Crippen LogP contribution in [0.1, 0.15) is 44.3 Å². The molecule has 126 valence electrons. The molecule has 0 spiro atoms. The first-order valence-corrected chi connectivity index (χ1v) is 8.04. The second-order valence-electron chi connectivity index (χ2n) is 6.35. The maximum Gasteiger partial charge on any atom is 0.246 e. The highest BCUT2D eigenvalue weighted by molar-refractivity contribution is 5.79. The van der Waals surface area contributed by atoms with Crippen LogP contribution in [0.3, 0.4) is 0 Å². The van der Waals surface area contributed by atoms with Crippen molar-refractivity contribution in [3.8, 4) is 0 Å². The molecule has 0 unspecified atom stereocenters. The van der Waals surface area contributed by atoms with Crippen molar-refractivity contribution in [2.75, 3.05) is 19.7 Å². The summed E-state index contributed by atoms with van der Waals surface area (Å²) in [6.07, 6.45) is 1.52. The Bertz CT molecular complexity index is 586. The number of hydrogen-bond acceptors (Lipinski definition) is 6. The van der Waals surface area contributed by atoms with Crippen molar-refractivity contribution in [2.45, 2.75) is 51.2 Å². The maximum atomic E-state index is 12.4. The van der Waals surface area contributed by atoms with Crippen LogP contribution in [0, 0.1) is 0 Å². The fourth-order valence-corrected chi connectivity index (χ4v) is 2.90. The van der Waals surface area contributed by atoms with Gasteiger partial charge in [0.15, 0.2) is 5.82 Å². The highest BCUT2D eigenvalue weighted by Crippen LogP contribution is 2.18. The van der Waals surface area contributed by atoms with Crippen LogP contribution < -0.4 is 5.32 Å². The molecule has 0 radical (unpaired) electrons. The molecule has 1 aromatic rings. The molecule has 0 aliphatic carbocycles. The Kier molecular flexibility index (Phi) is 4.61. The topological polar surface area (TPSA) is 97.6 Å². The Hall–Kier alpha value is -1.96. The fourth-order valence-electron chi connectivity index (χ4n) is 2.90. The molecule has 0 aromatic carbocycles. The third-order valence-electron chi connectivity index (χ3n) is 4.23. The number of amides is 2. The van der Waals surface area contributed by atoms with E-state index in [9.17, 15) is 9.59 Å². The summed E-state index contributed by atoms with van der Waals surface area (Å²) >= 11 is 0. The highest BCUT2D eigenvalue weighted by Gasteiger charge is 2.36. The van der Waals surface area contributed by atoms with Crippen LogP contribution in [0.25, 0.3) is 0 Å². The largest absolute Gasteiger partial charge is 0.366 e. The highest BCUT2D eigenvalue weighted by atomic mass is 16.5. The van der Waals surface area contributed by atoms with Gasteiger partial charge in [-0.2, -0.15) is 4.98 Å². The molecule has 2 aliphatic heterocycles. The number of aromatic nitrogens is 2.